The van der Waals surface area contributed by atoms with Crippen LogP contribution >= 0.6 is 0 Å². The van der Waals surface area contributed by atoms with Crippen molar-refractivity contribution < 1.29 is 4.79 Å². The Bertz CT molecular complexity index is 452. The first kappa shape index (κ1) is 9.13. The molecule has 1 aromatic rings. The van der Waals surface area contributed by atoms with Crippen molar-refractivity contribution in [3.05, 3.63) is 17.0 Å². The molecule has 1 fully saturated rings. The molecule has 3 heteroatoms. The zero-order valence-corrected chi connectivity index (χ0v) is 9.50. The number of carbonyl (C=O) groups is 1. The van der Waals surface area contributed by atoms with Crippen molar-refractivity contribution in [2.75, 3.05) is 0 Å². The average molecular weight is 204 g/mol. The van der Waals surface area contributed by atoms with Gasteiger partial charge in [0.15, 0.2) is 5.78 Å². The van der Waals surface area contributed by atoms with E-state index < -0.39 is 0 Å². The van der Waals surface area contributed by atoms with Crippen LogP contribution in [0.25, 0.3) is 0 Å². The maximum absolute atomic E-state index is 12.0. The summed E-state index contributed by atoms with van der Waals surface area (Å²) < 4.78 is 1.91. The summed E-state index contributed by atoms with van der Waals surface area (Å²) in [5, 5.41) is 4.57. The summed E-state index contributed by atoms with van der Waals surface area (Å²) in [5.74, 6) is 0.698. The molecule has 0 unspecified atom stereocenters. The van der Waals surface area contributed by atoms with Crippen molar-refractivity contribution in [3.63, 3.8) is 0 Å². The van der Waals surface area contributed by atoms with Crippen LogP contribution < -0.4 is 0 Å². The fourth-order valence-electron chi connectivity index (χ4n) is 2.89. The van der Waals surface area contributed by atoms with Gasteiger partial charge in [-0.25, -0.2) is 0 Å². The van der Waals surface area contributed by atoms with Gasteiger partial charge in [-0.05, 0) is 18.8 Å². The average Bonchev–Trinajstić information content (AvgIpc) is 2.74. The zero-order valence-electron chi connectivity index (χ0n) is 9.50. The van der Waals surface area contributed by atoms with Gasteiger partial charge in [0.05, 0.1) is 17.0 Å². The van der Waals surface area contributed by atoms with Crippen LogP contribution in [0.2, 0.25) is 0 Å². The summed E-state index contributed by atoms with van der Waals surface area (Å²) in [6.45, 7) is 4.25. The van der Waals surface area contributed by atoms with Crippen LogP contribution in [0, 0.1) is 0 Å². The lowest BCUT2D eigenvalue weighted by atomic mass is 10.0. The zero-order chi connectivity index (χ0) is 10.8. The van der Waals surface area contributed by atoms with E-state index in [-0.39, 0.29) is 5.41 Å². The first-order valence-electron chi connectivity index (χ1n) is 5.66. The predicted molar refractivity (Wildman–Crippen MR) is 57.2 cm³/mol. The summed E-state index contributed by atoms with van der Waals surface area (Å²) in [5.41, 5.74) is 3.33. The van der Waals surface area contributed by atoms with Crippen LogP contribution in [0.1, 0.15) is 60.8 Å². The highest BCUT2D eigenvalue weighted by atomic mass is 16.1. The van der Waals surface area contributed by atoms with Gasteiger partial charge in [0.1, 0.15) is 0 Å². The lowest BCUT2D eigenvalue weighted by Gasteiger charge is -2.07. The third-order valence-electron chi connectivity index (χ3n) is 3.77. The summed E-state index contributed by atoms with van der Waals surface area (Å²) in [6.07, 6.45) is 3.02. The Morgan fingerprint density at radius 3 is 2.60 bits per heavy atom. The van der Waals surface area contributed by atoms with E-state index in [9.17, 15) is 4.79 Å². The first-order chi connectivity index (χ1) is 7.05. The molecule has 3 nitrogen and oxygen atoms in total. The Morgan fingerprint density at radius 2 is 2.07 bits per heavy atom. The monoisotopic (exact) mass is 204 g/mol. The molecule has 0 saturated heterocycles. The Morgan fingerprint density at radius 1 is 1.40 bits per heavy atom. The molecule has 0 aromatic carbocycles. The SMILES string of the molecule is CC(C)c1c2c(nn1C)C1(CC1)CC2=O. The number of ketones is 1. The van der Waals surface area contributed by atoms with E-state index in [1.54, 1.807) is 0 Å². The Labute approximate surface area is 89.5 Å². The van der Waals surface area contributed by atoms with Crippen LogP contribution in [-0.2, 0) is 12.5 Å². The molecule has 15 heavy (non-hydrogen) atoms. The van der Waals surface area contributed by atoms with Crippen molar-refractivity contribution in [1.29, 1.82) is 0 Å². The highest BCUT2D eigenvalue weighted by Gasteiger charge is 2.55. The minimum absolute atomic E-state index is 0.164. The summed E-state index contributed by atoms with van der Waals surface area (Å²) in [4.78, 5) is 12.0. The van der Waals surface area contributed by atoms with Crippen molar-refractivity contribution in [2.24, 2.45) is 7.05 Å². The molecule has 0 radical (unpaired) electrons. The smallest absolute Gasteiger partial charge is 0.167 e. The maximum atomic E-state index is 12.0. The molecule has 3 rings (SSSR count). The van der Waals surface area contributed by atoms with Crippen LogP contribution in [0.15, 0.2) is 0 Å². The predicted octanol–water partition coefficient (Wildman–Crippen LogP) is 2.16. The normalized spacial score (nSPS) is 21.5. The second-order valence-electron chi connectivity index (χ2n) is 5.27. The third-order valence-corrected chi connectivity index (χ3v) is 3.77. The quantitative estimate of drug-likeness (QED) is 0.702. The minimum atomic E-state index is 0.164. The molecule has 0 N–H and O–H groups in total. The number of aromatic nitrogens is 2. The van der Waals surface area contributed by atoms with E-state index in [0.29, 0.717) is 18.1 Å². The fourth-order valence-corrected chi connectivity index (χ4v) is 2.89. The van der Waals surface area contributed by atoms with Crippen LogP contribution in [0.4, 0.5) is 0 Å². The van der Waals surface area contributed by atoms with Crippen LogP contribution in [-0.4, -0.2) is 15.6 Å². The van der Waals surface area contributed by atoms with Crippen LogP contribution in [0.5, 0.6) is 0 Å². The second kappa shape index (κ2) is 2.52. The number of fused-ring (bicyclic) bond motifs is 2. The second-order valence-corrected chi connectivity index (χ2v) is 5.27. The van der Waals surface area contributed by atoms with Gasteiger partial charge >= 0.3 is 0 Å². The molecule has 80 valence electrons. The molecule has 1 heterocycles. The molecule has 0 amide bonds. The molecule has 1 spiro atoms. The fraction of sp³-hybridized carbons (Fsp3) is 0.667. The number of aryl methyl sites for hydroxylation is 1. The van der Waals surface area contributed by atoms with Crippen molar-refractivity contribution >= 4 is 5.78 Å². The number of nitrogens with zero attached hydrogens (tertiary/aromatic N) is 2. The van der Waals surface area contributed by atoms with Crippen molar-refractivity contribution in [3.8, 4) is 0 Å². The molecule has 1 aromatic heterocycles. The first-order valence-corrected chi connectivity index (χ1v) is 5.66. The topological polar surface area (TPSA) is 34.9 Å². The third kappa shape index (κ3) is 1.01. The molecule has 2 aliphatic rings. The van der Waals surface area contributed by atoms with E-state index in [1.807, 2.05) is 11.7 Å². The molecule has 2 aliphatic carbocycles. The summed E-state index contributed by atoms with van der Waals surface area (Å²) in [7, 11) is 1.96. The summed E-state index contributed by atoms with van der Waals surface area (Å²) in [6, 6.07) is 0. The van der Waals surface area contributed by atoms with Gasteiger partial charge in [0.25, 0.3) is 0 Å². The summed E-state index contributed by atoms with van der Waals surface area (Å²) >= 11 is 0. The number of rotatable bonds is 1. The van der Waals surface area contributed by atoms with Gasteiger partial charge in [-0.15, -0.1) is 0 Å². The number of hydrogen-bond acceptors (Lipinski definition) is 2. The number of carbonyl (C=O) groups excluding carboxylic acids is 1. The highest BCUT2D eigenvalue weighted by molar-refractivity contribution is 6.03. The minimum Gasteiger partial charge on any atom is -0.294 e. The largest absolute Gasteiger partial charge is 0.294 e. The highest BCUT2D eigenvalue weighted by Crippen LogP contribution is 2.56. The van der Waals surface area contributed by atoms with Gasteiger partial charge in [-0.1, -0.05) is 13.8 Å². The van der Waals surface area contributed by atoms with Crippen LogP contribution in [0.3, 0.4) is 0 Å². The molecular formula is C12H16N2O. The van der Waals surface area contributed by atoms with Gasteiger partial charge in [0.2, 0.25) is 0 Å². The van der Waals surface area contributed by atoms with Crippen molar-refractivity contribution in [2.45, 2.75) is 44.4 Å². The lowest BCUT2D eigenvalue weighted by molar-refractivity contribution is 0.0984. The molecule has 0 atom stereocenters. The number of hydrogen-bond donors (Lipinski definition) is 0. The Balaban J connectivity index is 2.24. The molecule has 1 saturated carbocycles. The van der Waals surface area contributed by atoms with Gasteiger partial charge in [-0.2, -0.15) is 5.10 Å². The van der Waals surface area contributed by atoms with Crippen molar-refractivity contribution in [1.82, 2.24) is 9.78 Å². The molecule has 0 bridgehead atoms. The van der Waals surface area contributed by atoms with E-state index in [4.69, 9.17) is 0 Å². The Kier molecular flexibility index (Phi) is 1.53. The molecular weight excluding hydrogens is 188 g/mol. The van der Waals surface area contributed by atoms with E-state index >= 15 is 0 Å². The van der Waals surface area contributed by atoms with E-state index in [0.717, 1.165) is 29.8 Å². The van der Waals surface area contributed by atoms with E-state index in [2.05, 4.69) is 18.9 Å². The van der Waals surface area contributed by atoms with Gasteiger partial charge < -0.3 is 0 Å². The van der Waals surface area contributed by atoms with E-state index in [1.165, 1.54) is 0 Å². The van der Waals surface area contributed by atoms with Gasteiger partial charge in [-0.3, -0.25) is 9.48 Å². The maximum Gasteiger partial charge on any atom is 0.167 e. The molecule has 0 aliphatic heterocycles. The lowest BCUT2D eigenvalue weighted by Crippen LogP contribution is -2.08. The standard InChI is InChI=1S/C12H16N2O/c1-7(2)10-9-8(15)6-12(4-5-12)11(9)13-14(10)3/h7H,4-6H2,1-3H3. The van der Waals surface area contributed by atoms with Gasteiger partial charge in [0, 0.05) is 18.9 Å². The number of Topliss-reactive ketones (excluding diaryl/α,β-unsaturated/α-hetero) is 1. The Hall–Kier alpha value is -1.12.